The van der Waals surface area contributed by atoms with E-state index in [4.69, 9.17) is 0 Å². The van der Waals surface area contributed by atoms with Crippen LogP contribution in [0.15, 0.2) is 0 Å². The Bertz CT molecular complexity index is 293. The number of nitrogens with zero attached hydrogens (tertiary/aromatic N) is 3. The molecule has 0 amide bonds. The topological polar surface area (TPSA) is 9.72 Å². The Kier molecular flexibility index (Phi) is 3.65. The van der Waals surface area contributed by atoms with Gasteiger partial charge in [-0.25, -0.2) is 0 Å². The smallest absolute Gasteiger partial charge is 0.0224 e. The number of hydrogen-bond acceptors (Lipinski definition) is 3. The number of piperazine rings is 1. The van der Waals surface area contributed by atoms with Crippen LogP contribution in [0.4, 0.5) is 0 Å². The highest BCUT2D eigenvalue weighted by Gasteiger charge is 2.38. The largest absolute Gasteiger partial charge is 0.304 e. The molecule has 0 bridgehead atoms. The van der Waals surface area contributed by atoms with Crippen molar-refractivity contribution >= 4 is 0 Å². The summed E-state index contributed by atoms with van der Waals surface area (Å²) < 4.78 is 0. The fraction of sp³-hybridized carbons (Fsp3) is 1.00. The Labute approximate surface area is 112 Å². The van der Waals surface area contributed by atoms with Crippen LogP contribution >= 0.6 is 0 Å². The average Bonchev–Trinajstić information content (AvgIpc) is 2.79. The minimum atomic E-state index is 0.762. The Morgan fingerprint density at radius 2 is 1.72 bits per heavy atom. The van der Waals surface area contributed by atoms with E-state index in [-0.39, 0.29) is 0 Å². The van der Waals surface area contributed by atoms with E-state index in [1.54, 1.807) is 0 Å². The van der Waals surface area contributed by atoms with Crippen molar-refractivity contribution in [3.05, 3.63) is 0 Å². The Morgan fingerprint density at radius 3 is 2.50 bits per heavy atom. The van der Waals surface area contributed by atoms with Crippen molar-refractivity contribution in [1.82, 2.24) is 14.7 Å². The second-order valence-electron chi connectivity index (χ2n) is 6.84. The summed E-state index contributed by atoms with van der Waals surface area (Å²) in [6, 6.07) is 3.24. The van der Waals surface area contributed by atoms with Crippen molar-refractivity contribution in [3.63, 3.8) is 0 Å². The summed E-state index contributed by atoms with van der Waals surface area (Å²) in [6.45, 7) is 10.1. The second-order valence-corrected chi connectivity index (χ2v) is 6.84. The zero-order valence-corrected chi connectivity index (χ0v) is 12.3. The van der Waals surface area contributed by atoms with Gasteiger partial charge in [0, 0.05) is 37.3 Å². The van der Waals surface area contributed by atoms with Crippen LogP contribution in [-0.4, -0.2) is 72.1 Å². The molecule has 4 unspecified atom stereocenters. The molecule has 3 nitrogen and oxygen atoms in total. The third-order valence-corrected chi connectivity index (χ3v) is 5.64. The van der Waals surface area contributed by atoms with Gasteiger partial charge in [0.15, 0.2) is 0 Å². The molecule has 4 atom stereocenters. The molecule has 0 aromatic heterocycles. The van der Waals surface area contributed by atoms with Crippen molar-refractivity contribution in [3.8, 4) is 0 Å². The van der Waals surface area contributed by atoms with Gasteiger partial charge in [0.2, 0.25) is 0 Å². The van der Waals surface area contributed by atoms with E-state index in [0.29, 0.717) is 0 Å². The quantitative estimate of drug-likeness (QED) is 0.701. The van der Waals surface area contributed by atoms with Crippen LogP contribution in [-0.2, 0) is 0 Å². The van der Waals surface area contributed by atoms with E-state index >= 15 is 0 Å². The van der Waals surface area contributed by atoms with Gasteiger partial charge in [-0.1, -0.05) is 0 Å². The van der Waals surface area contributed by atoms with Crippen LogP contribution in [0, 0.1) is 0 Å². The minimum Gasteiger partial charge on any atom is -0.304 e. The Balaban J connectivity index is 1.64. The van der Waals surface area contributed by atoms with Crippen molar-refractivity contribution in [2.45, 2.75) is 63.7 Å². The van der Waals surface area contributed by atoms with E-state index < -0.39 is 0 Å². The van der Waals surface area contributed by atoms with Gasteiger partial charge >= 0.3 is 0 Å². The maximum absolute atomic E-state index is 2.84. The van der Waals surface area contributed by atoms with Crippen LogP contribution in [0.5, 0.6) is 0 Å². The summed E-state index contributed by atoms with van der Waals surface area (Å²) in [5.41, 5.74) is 0. The van der Waals surface area contributed by atoms with Crippen LogP contribution in [0.2, 0.25) is 0 Å². The normalized spacial score (nSPS) is 44.2. The monoisotopic (exact) mass is 251 g/mol. The predicted octanol–water partition coefficient (Wildman–Crippen LogP) is 1.64. The summed E-state index contributed by atoms with van der Waals surface area (Å²) in [4.78, 5) is 8.10. The first-order valence-corrected chi connectivity index (χ1v) is 7.85. The molecule has 0 aliphatic carbocycles. The summed E-state index contributed by atoms with van der Waals surface area (Å²) >= 11 is 0. The molecule has 0 N–H and O–H groups in total. The highest BCUT2D eigenvalue weighted by atomic mass is 15.3. The second kappa shape index (κ2) is 5.10. The molecule has 3 aliphatic heterocycles. The SMILES string of the molecule is CC1CC(N2CC3CCCN3CC2C)CCN1C. The molecule has 0 aromatic rings. The maximum atomic E-state index is 2.84. The van der Waals surface area contributed by atoms with E-state index in [0.717, 1.165) is 24.2 Å². The zero-order valence-electron chi connectivity index (χ0n) is 12.3. The van der Waals surface area contributed by atoms with Gasteiger partial charge in [-0.3, -0.25) is 9.80 Å². The minimum absolute atomic E-state index is 0.762. The van der Waals surface area contributed by atoms with Gasteiger partial charge in [0.1, 0.15) is 0 Å². The molecular formula is C15H29N3. The lowest BCUT2D eigenvalue weighted by Gasteiger charge is -2.49. The number of hydrogen-bond donors (Lipinski definition) is 0. The molecule has 3 saturated heterocycles. The van der Waals surface area contributed by atoms with Crippen LogP contribution < -0.4 is 0 Å². The van der Waals surface area contributed by atoms with Gasteiger partial charge in [-0.05, 0) is 59.7 Å². The lowest BCUT2D eigenvalue weighted by Crippen LogP contribution is -2.60. The number of fused-ring (bicyclic) bond motifs is 1. The average molecular weight is 251 g/mol. The number of likely N-dealkylation sites (tertiary alicyclic amines) is 1. The fourth-order valence-electron chi connectivity index (χ4n) is 4.28. The van der Waals surface area contributed by atoms with Gasteiger partial charge in [-0.2, -0.15) is 0 Å². The first kappa shape index (κ1) is 12.9. The van der Waals surface area contributed by atoms with Crippen molar-refractivity contribution in [2.75, 3.05) is 33.2 Å². The van der Waals surface area contributed by atoms with E-state index in [1.165, 1.54) is 51.9 Å². The maximum Gasteiger partial charge on any atom is 0.0224 e. The lowest BCUT2D eigenvalue weighted by atomic mass is 9.94. The molecule has 0 saturated carbocycles. The van der Waals surface area contributed by atoms with Crippen LogP contribution in [0.25, 0.3) is 0 Å². The summed E-state index contributed by atoms with van der Waals surface area (Å²) in [7, 11) is 2.28. The molecule has 0 aromatic carbocycles. The Hall–Kier alpha value is -0.120. The molecule has 3 rings (SSSR count). The highest BCUT2D eigenvalue weighted by molar-refractivity contribution is 4.95. The van der Waals surface area contributed by atoms with E-state index in [2.05, 4.69) is 35.6 Å². The van der Waals surface area contributed by atoms with Gasteiger partial charge in [0.25, 0.3) is 0 Å². The molecule has 3 aliphatic rings. The molecule has 18 heavy (non-hydrogen) atoms. The number of rotatable bonds is 1. The standard InChI is InChI=1S/C15H29N3/c1-12-9-14(6-8-16(12)3)18-11-15-5-4-7-17(15)10-13(18)2/h12-15H,4-11H2,1-3H3. The number of piperidine rings is 1. The summed E-state index contributed by atoms with van der Waals surface area (Å²) in [5.74, 6) is 0. The molecule has 3 heterocycles. The van der Waals surface area contributed by atoms with E-state index in [1.807, 2.05) is 0 Å². The lowest BCUT2D eigenvalue weighted by molar-refractivity contribution is -0.00190. The predicted molar refractivity (Wildman–Crippen MR) is 75.9 cm³/mol. The third kappa shape index (κ3) is 2.33. The van der Waals surface area contributed by atoms with Crippen LogP contribution in [0.1, 0.15) is 39.5 Å². The zero-order chi connectivity index (χ0) is 12.7. The van der Waals surface area contributed by atoms with Gasteiger partial charge in [-0.15, -0.1) is 0 Å². The van der Waals surface area contributed by atoms with Gasteiger partial charge in [0.05, 0.1) is 0 Å². The summed E-state index contributed by atoms with van der Waals surface area (Å²) in [6.07, 6.45) is 5.60. The molecule has 3 heteroatoms. The van der Waals surface area contributed by atoms with Gasteiger partial charge < -0.3 is 4.90 Å². The third-order valence-electron chi connectivity index (χ3n) is 5.64. The molecule has 0 radical (unpaired) electrons. The first-order chi connectivity index (χ1) is 8.65. The summed E-state index contributed by atoms with van der Waals surface area (Å²) in [5, 5.41) is 0. The van der Waals surface area contributed by atoms with Crippen LogP contribution in [0.3, 0.4) is 0 Å². The molecular weight excluding hydrogens is 222 g/mol. The Morgan fingerprint density at radius 1 is 0.889 bits per heavy atom. The van der Waals surface area contributed by atoms with E-state index in [9.17, 15) is 0 Å². The van der Waals surface area contributed by atoms with Crippen molar-refractivity contribution in [2.24, 2.45) is 0 Å². The highest BCUT2D eigenvalue weighted by Crippen LogP contribution is 2.29. The molecule has 0 spiro atoms. The first-order valence-electron chi connectivity index (χ1n) is 7.85. The van der Waals surface area contributed by atoms with Crippen molar-refractivity contribution < 1.29 is 0 Å². The fourth-order valence-corrected chi connectivity index (χ4v) is 4.28. The molecule has 104 valence electrons. The van der Waals surface area contributed by atoms with Crippen molar-refractivity contribution in [1.29, 1.82) is 0 Å². The molecule has 3 fully saturated rings.